The molecule has 0 unspecified atom stereocenters. The summed E-state index contributed by atoms with van der Waals surface area (Å²) in [5, 5.41) is 8.16. The molecule has 88 valence electrons. The molecule has 1 aromatic heterocycles. The number of nitrogens with two attached hydrogens (primary N) is 1. The normalized spacial score (nSPS) is 10.8. The first kappa shape index (κ1) is 11.7. The van der Waals surface area contributed by atoms with Crippen LogP contribution in [0.3, 0.4) is 0 Å². The highest BCUT2D eigenvalue weighted by Gasteiger charge is 2.10. The first-order valence-electron chi connectivity index (χ1n) is 5.70. The lowest BCUT2D eigenvalue weighted by molar-refractivity contribution is 0.847. The summed E-state index contributed by atoms with van der Waals surface area (Å²) in [4.78, 5) is 4.31. The van der Waals surface area contributed by atoms with Crippen molar-refractivity contribution in [1.29, 1.82) is 0 Å². The van der Waals surface area contributed by atoms with Crippen LogP contribution in [-0.2, 0) is 6.54 Å². The average molecular weight is 228 g/mol. The van der Waals surface area contributed by atoms with Crippen molar-refractivity contribution in [3.05, 3.63) is 41.7 Å². The highest BCUT2D eigenvalue weighted by molar-refractivity contribution is 5.60. The van der Waals surface area contributed by atoms with Crippen LogP contribution in [0.4, 0.5) is 0 Å². The van der Waals surface area contributed by atoms with Gasteiger partial charge in [-0.25, -0.2) is 4.98 Å². The smallest absolute Gasteiger partial charge is 0.182 e. The minimum Gasteiger partial charge on any atom is -0.325 e. The minimum absolute atomic E-state index is 0.367. The Morgan fingerprint density at radius 2 is 1.94 bits per heavy atom. The molecule has 1 aromatic carbocycles. The monoisotopic (exact) mass is 228 g/mol. The molecule has 0 atom stereocenters. The Bertz CT molecular complexity index is 491. The van der Waals surface area contributed by atoms with E-state index in [1.165, 1.54) is 5.56 Å². The van der Waals surface area contributed by atoms with E-state index in [1.54, 1.807) is 6.20 Å². The Morgan fingerprint density at radius 1 is 1.18 bits per heavy atom. The second-order valence-electron chi connectivity index (χ2n) is 4.22. The predicted octanol–water partition coefficient (Wildman–Crippen LogP) is 2.12. The van der Waals surface area contributed by atoms with Crippen molar-refractivity contribution in [2.24, 2.45) is 5.73 Å². The number of rotatable bonds is 3. The molecule has 2 N–H and O–H groups in total. The van der Waals surface area contributed by atoms with E-state index in [-0.39, 0.29) is 0 Å². The zero-order valence-corrected chi connectivity index (χ0v) is 10.1. The maximum Gasteiger partial charge on any atom is 0.182 e. The van der Waals surface area contributed by atoms with Crippen molar-refractivity contribution in [3.8, 4) is 11.4 Å². The van der Waals surface area contributed by atoms with E-state index < -0.39 is 0 Å². The van der Waals surface area contributed by atoms with Crippen LogP contribution in [0, 0.1) is 0 Å². The van der Waals surface area contributed by atoms with Gasteiger partial charge in [0.15, 0.2) is 5.82 Å². The van der Waals surface area contributed by atoms with Gasteiger partial charge in [-0.2, -0.15) is 5.10 Å². The molecule has 0 saturated carbocycles. The van der Waals surface area contributed by atoms with Crippen molar-refractivity contribution < 1.29 is 0 Å². The Morgan fingerprint density at radius 3 is 2.53 bits per heavy atom. The molecular formula is C13H16N4. The molecule has 0 fully saturated rings. The molecule has 0 aliphatic rings. The third-order valence-electron chi connectivity index (χ3n) is 2.64. The molecule has 0 saturated heterocycles. The molecule has 1 heterocycles. The fourth-order valence-electron chi connectivity index (χ4n) is 1.72. The SMILES string of the molecule is CC(C)c1ccccc1-c1ncc(CN)nn1. The molecule has 2 rings (SSSR count). The van der Waals surface area contributed by atoms with Crippen LogP contribution in [-0.4, -0.2) is 15.2 Å². The van der Waals surface area contributed by atoms with E-state index >= 15 is 0 Å². The average Bonchev–Trinajstić information content (AvgIpc) is 2.39. The van der Waals surface area contributed by atoms with Crippen LogP contribution in [0.15, 0.2) is 30.5 Å². The summed E-state index contributed by atoms with van der Waals surface area (Å²) in [7, 11) is 0. The summed E-state index contributed by atoms with van der Waals surface area (Å²) in [6, 6.07) is 8.14. The van der Waals surface area contributed by atoms with Crippen LogP contribution >= 0.6 is 0 Å². The first-order valence-corrected chi connectivity index (χ1v) is 5.70. The standard InChI is InChI=1S/C13H16N4/c1-9(2)11-5-3-4-6-12(11)13-15-8-10(7-14)16-17-13/h3-6,8-9H,7,14H2,1-2H3. The Balaban J connectivity index is 2.45. The lowest BCUT2D eigenvalue weighted by atomic mass is 9.97. The lowest BCUT2D eigenvalue weighted by Gasteiger charge is -2.10. The summed E-state index contributed by atoms with van der Waals surface area (Å²) in [6.07, 6.45) is 1.68. The first-order chi connectivity index (χ1) is 8.22. The molecule has 0 radical (unpaired) electrons. The third-order valence-corrected chi connectivity index (χ3v) is 2.64. The van der Waals surface area contributed by atoms with Gasteiger partial charge in [0, 0.05) is 12.1 Å². The topological polar surface area (TPSA) is 64.7 Å². The van der Waals surface area contributed by atoms with Gasteiger partial charge in [-0.3, -0.25) is 0 Å². The number of hydrogen-bond acceptors (Lipinski definition) is 4. The van der Waals surface area contributed by atoms with Gasteiger partial charge in [-0.1, -0.05) is 38.1 Å². The van der Waals surface area contributed by atoms with Gasteiger partial charge in [0.1, 0.15) is 0 Å². The van der Waals surface area contributed by atoms with Crippen LogP contribution in [0.5, 0.6) is 0 Å². The van der Waals surface area contributed by atoms with Gasteiger partial charge in [-0.05, 0) is 11.5 Å². The van der Waals surface area contributed by atoms with Gasteiger partial charge in [0.05, 0.1) is 11.9 Å². The highest BCUT2D eigenvalue weighted by atomic mass is 15.2. The third kappa shape index (κ3) is 2.47. The van der Waals surface area contributed by atoms with Crippen molar-refractivity contribution in [2.75, 3.05) is 0 Å². The summed E-state index contributed by atoms with van der Waals surface area (Å²) < 4.78 is 0. The minimum atomic E-state index is 0.367. The van der Waals surface area contributed by atoms with Gasteiger partial charge >= 0.3 is 0 Å². The molecule has 0 bridgehead atoms. The molecule has 4 nitrogen and oxygen atoms in total. The quantitative estimate of drug-likeness (QED) is 0.874. The van der Waals surface area contributed by atoms with Gasteiger partial charge < -0.3 is 5.73 Å². The van der Waals surface area contributed by atoms with E-state index in [1.807, 2.05) is 18.2 Å². The zero-order chi connectivity index (χ0) is 12.3. The van der Waals surface area contributed by atoms with Gasteiger partial charge in [0.2, 0.25) is 0 Å². The Kier molecular flexibility index (Phi) is 3.44. The second kappa shape index (κ2) is 5.01. The zero-order valence-electron chi connectivity index (χ0n) is 10.1. The molecule has 0 spiro atoms. The lowest BCUT2D eigenvalue weighted by Crippen LogP contribution is -2.04. The number of benzene rings is 1. The molecule has 2 aromatic rings. The van der Waals surface area contributed by atoms with Crippen molar-refractivity contribution in [3.63, 3.8) is 0 Å². The van der Waals surface area contributed by atoms with Crippen LogP contribution in [0.2, 0.25) is 0 Å². The maximum atomic E-state index is 5.47. The van der Waals surface area contributed by atoms with E-state index in [4.69, 9.17) is 5.73 Å². The summed E-state index contributed by atoms with van der Waals surface area (Å²) in [5.74, 6) is 1.09. The number of hydrogen-bond donors (Lipinski definition) is 1. The van der Waals surface area contributed by atoms with Crippen LogP contribution < -0.4 is 5.73 Å². The molecular weight excluding hydrogens is 212 g/mol. The Hall–Kier alpha value is -1.81. The summed E-state index contributed by atoms with van der Waals surface area (Å²) in [6.45, 7) is 4.67. The van der Waals surface area contributed by atoms with Crippen LogP contribution in [0.25, 0.3) is 11.4 Å². The van der Waals surface area contributed by atoms with Gasteiger partial charge in [0.25, 0.3) is 0 Å². The fourth-order valence-corrected chi connectivity index (χ4v) is 1.72. The largest absolute Gasteiger partial charge is 0.325 e. The molecule has 4 heteroatoms. The molecule has 0 aliphatic carbocycles. The Labute approximate surface area is 101 Å². The van der Waals surface area contributed by atoms with Crippen LogP contribution in [0.1, 0.15) is 31.0 Å². The predicted molar refractivity (Wildman–Crippen MR) is 67.2 cm³/mol. The van der Waals surface area contributed by atoms with E-state index in [0.29, 0.717) is 24.0 Å². The molecule has 0 amide bonds. The van der Waals surface area contributed by atoms with Gasteiger partial charge in [-0.15, -0.1) is 5.10 Å². The van der Waals surface area contributed by atoms with Crippen molar-refractivity contribution >= 4 is 0 Å². The van der Waals surface area contributed by atoms with E-state index in [0.717, 1.165) is 5.56 Å². The molecule has 17 heavy (non-hydrogen) atoms. The van der Waals surface area contributed by atoms with E-state index in [2.05, 4.69) is 35.1 Å². The second-order valence-corrected chi connectivity index (χ2v) is 4.22. The number of nitrogens with zero attached hydrogens (tertiary/aromatic N) is 3. The maximum absolute atomic E-state index is 5.47. The van der Waals surface area contributed by atoms with Crippen molar-refractivity contribution in [1.82, 2.24) is 15.2 Å². The van der Waals surface area contributed by atoms with Crippen molar-refractivity contribution in [2.45, 2.75) is 26.3 Å². The highest BCUT2D eigenvalue weighted by Crippen LogP contribution is 2.25. The summed E-state index contributed by atoms with van der Waals surface area (Å²) in [5.41, 5.74) is 8.45. The summed E-state index contributed by atoms with van der Waals surface area (Å²) >= 11 is 0. The molecule has 0 aliphatic heterocycles. The van der Waals surface area contributed by atoms with E-state index in [9.17, 15) is 0 Å². The number of aromatic nitrogens is 3. The fraction of sp³-hybridized carbons (Fsp3) is 0.308.